The molecule has 2 heterocycles. The van der Waals surface area contributed by atoms with Crippen molar-refractivity contribution in [2.75, 3.05) is 19.7 Å². The van der Waals surface area contributed by atoms with Crippen LogP contribution in [0.25, 0.3) is 0 Å². The van der Waals surface area contributed by atoms with E-state index < -0.39 is 12.1 Å². The lowest BCUT2D eigenvalue weighted by Gasteiger charge is -2.32. The number of amides is 1. The topological polar surface area (TPSA) is 99.7 Å². The standard InChI is InChI=1S/C17H24N2O5/c1-4-5-13-15(11(3)20)10(2)18-16(13)17(23)19-6-7-24-12(9-19)8-14(21)22/h12,18H,4-9H2,1-3H3,(H,21,22). The lowest BCUT2D eigenvalue weighted by atomic mass is 10.0. The molecule has 24 heavy (non-hydrogen) atoms. The molecule has 132 valence electrons. The molecule has 0 bridgehead atoms. The maximum atomic E-state index is 12.9. The summed E-state index contributed by atoms with van der Waals surface area (Å²) in [7, 11) is 0. The van der Waals surface area contributed by atoms with Crippen molar-refractivity contribution in [3.05, 3.63) is 22.5 Å². The van der Waals surface area contributed by atoms with Crippen LogP contribution in [-0.4, -0.2) is 58.5 Å². The number of rotatable bonds is 6. The number of ketones is 1. The Labute approximate surface area is 141 Å². The third-order valence-corrected chi connectivity index (χ3v) is 4.19. The van der Waals surface area contributed by atoms with E-state index in [-0.39, 0.29) is 24.7 Å². The van der Waals surface area contributed by atoms with Gasteiger partial charge in [0, 0.05) is 24.3 Å². The Balaban J connectivity index is 2.27. The molecular weight excluding hydrogens is 312 g/mol. The maximum Gasteiger partial charge on any atom is 0.306 e. The number of carbonyl (C=O) groups excluding carboxylic acids is 2. The van der Waals surface area contributed by atoms with Crippen LogP contribution < -0.4 is 0 Å². The van der Waals surface area contributed by atoms with Crippen molar-refractivity contribution < 1.29 is 24.2 Å². The van der Waals surface area contributed by atoms with Gasteiger partial charge in [0.25, 0.3) is 5.91 Å². The Morgan fingerprint density at radius 3 is 2.67 bits per heavy atom. The molecule has 1 aromatic heterocycles. The van der Waals surface area contributed by atoms with Crippen molar-refractivity contribution in [2.45, 2.75) is 46.1 Å². The van der Waals surface area contributed by atoms with Crippen LogP contribution in [0.1, 0.15) is 58.8 Å². The number of aromatic nitrogens is 1. The van der Waals surface area contributed by atoms with E-state index in [1.807, 2.05) is 6.92 Å². The van der Waals surface area contributed by atoms with Gasteiger partial charge in [-0.2, -0.15) is 0 Å². The monoisotopic (exact) mass is 336 g/mol. The number of nitrogens with one attached hydrogen (secondary N) is 1. The van der Waals surface area contributed by atoms with Crippen LogP contribution >= 0.6 is 0 Å². The largest absolute Gasteiger partial charge is 0.481 e. The molecule has 0 saturated carbocycles. The molecule has 0 aliphatic carbocycles. The summed E-state index contributed by atoms with van der Waals surface area (Å²) in [5.74, 6) is -1.21. The van der Waals surface area contributed by atoms with Crippen molar-refractivity contribution in [1.82, 2.24) is 9.88 Å². The van der Waals surface area contributed by atoms with Crippen LogP contribution in [0, 0.1) is 6.92 Å². The summed E-state index contributed by atoms with van der Waals surface area (Å²) in [5.41, 5.74) is 2.49. The maximum absolute atomic E-state index is 12.9. The number of hydrogen-bond donors (Lipinski definition) is 2. The predicted molar refractivity (Wildman–Crippen MR) is 87.4 cm³/mol. The van der Waals surface area contributed by atoms with Crippen LogP contribution in [-0.2, 0) is 16.0 Å². The molecule has 2 rings (SSSR count). The zero-order valence-electron chi connectivity index (χ0n) is 14.3. The van der Waals surface area contributed by atoms with E-state index in [4.69, 9.17) is 9.84 Å². The van der Waals surface area contributed by atoms with Gasteiger partial charge in [-0.3, -0.25) is 14.4 Å². The fourth-order valence-electron chi connectivity index (χ4n) is 3.22. The van der Waals surface area contributed by atoms with Gasteiger partial charge in [0.05, 0.1) is 19.1 Å². The van der Waals surface area contributed by atoms with E-state index >= 15 is 0 Å². The Kier molecular flexibility index (Phi) is 5.77. The average Bonchev–Trinajstić information content (AvgIpc) is 2.83. The zero-order valence-corrected chi connectivity index (χ0v) is 14.3. The number of morpholine rings is 1. The highest BCUT2D eigenvalue weighted by molar-refractivity contribution is 6.02. The smallest absolute Gasteiger partial charge is 0.306 e. The SMILES string of the molecule is CCCc1c(C(=O)N2CCOC(CC(=O)O)C2)[nH]c(C)c1C(C)=O. The van der Waals surface area contributed by atoms with Gasteiger partial charge in [-0.1, -0.05) is 13.3 Å². The van der Waals surface area contributed by atoms with E-state index in [2.05, 4.69) is 4.98 Å². The number of carbonyl (C=O) groups is 3. The van der Waals surface area contributed by atoms with Gasteiger partial charge in [-0.25, -0.2) is 0 Å². The van der Waals surface area contributed by atoms with E-state index in [0.29, 0.717) is 36.5 Å². The molecule has 7 nitrogen and oxygen atoms in total. The van der Waals surface area contributed by atoms with Gasteiger partial charge < -0.3 is 19.7 Å². The van der Waals surface area contributed by atoms with Crippen molar-refractivity contribution >= 4 is 17.7 Å². The van der Waals surface area contributed by atoms with Gasteiger partial charge in [-0.15, -0.1) is 0 Å². The lowest BCUT2D eigenvalue weighted by Crippen LogP contribution is -2.46. The van der Waals surface area contributed by atoms with Gasteiger partial charge >= 0.3 is 5.97 Å². The number of hydrogen-bond acceptors (Lipinski definition) is 4. The number of carboxylic acid groups (broad SMARTS) is 1. The van der Waals surface area contributed by atoms with E-state index in [0.717, 1.165) is 12.0 Å². The minimum Gasteiger partial charge on any atom is -0.481 e. The number of ether oxygens (including phenoxy) is 1. The van der Waals surface area contributed by atoms with Gasteiger partial charge in [0.15, 0.2) is 5.78 Å². The molecule has 2 N–H and O–H groups in total. The molecule has 1 fully saturated rings. The summed E-state index contributed by atoms with van der Waals surface area (Å²) >= 11 is 0. The highest BCUT2D eigenvalue weighted by atomic mass is 16.5. The second-order valence-corrected chi connectivity index (χ2v) is 6.13. The fourth-order valence-corrected chi connectivity index (χ4v) is 3.22. The number of aliphatic carboxylic acids is 1. The first-order chi connectivity index (χ1) is 11.3. The highest BCUT2D eigenvalue weighted by Crippen LogP contribution is 2.23. The molecule has 1 unspecified atom stereocenters. The first-order valence-corrected chi connectivity index (χ1v) is 8.20. The number of Topliss-reactive ketones (excluding diaryl/α,β-unsaturated/α-hetero) is 1. The summed E-state index contributed by atoms with van der Waals surface area (Å²) < 4.78 is 5.41. The van der Waals surface area contributed by atoms with Crippen LogP contribution in [0.3, 0.4) is 0 Å². The minimum atomic E-state index is -0.949. The third-order valence-electron chi connectivity index (χ3n) is 4.19. The summed E-state index contributed by atoms with van der Waals surface area (Å²) in [6.45, 7) is 6.25. The van der Waals surface area contributed by atoms with Gasteiger partial charge in [0.1, 0.15) is 5.69 Å². The second-order valence-electron chi connectivity index (χ2n) is 6.13. The van der Waals surface area contributed by atoms with Gasteiger partial charge in [0.2, 0.25) is 0 Å². The summed E-state index contributed by atoms with van der Waals surface area (Å²) in [4.78, 5) is 40.3. The van der Waals surface area contributed by atoms with E-state index in [1.54, 1.807) is 11.8 Å². The molecule has 0 radical (unpaired) electrons. The number of aryl methyl sites for hydroxylation is 1. The summed E-state index contributed by atoms with van der Waals surface area (Å²) in [5, 5.41) is 8.90. The lowest BCUT2D eigenvalue weighted by molar-refractivity contribution is -0.141. The van der Waals surface area contributed by atoms with Crippen LogP contribution in [0.4, 0.5) is 0 Å². The number of nitrogens with zero attached hydrogens (tertiary/aromatic N) is 1. The molecule has 7 heteroatoms. The Bertz CT molecular complexity index is 650. The Morgan fingerprint density at radius 1 is 1.38 bits per heavy atom. The number of aromatic amines is 1. The van der Waals surface area contributed by atoms with Crippen LogP contribution in [0.15, 0.2) is 0 Å². The Hall–Kier alpha value is -2.15. The first-order valence-electron chi connectivity index (χ1n) is 8.20. The molecular formula is C17H24N2O5. The molecule has 1 amide bonds. The van der Waals surface area contributed by atoms with Crippen molar-refractivity contribution in [1.29, 1.82) is 0 Å². The van der Waals surface area contributed by atoms with E-state index in [1.165, 1.54) is 6.92 Å². The fraction of sp³-hybridized carbons (Fsp3) is 0.588. The molecule has 1 aliphatic heterocycles. The molecule has 1 atom stereocenters. The average molecular weight is 336 g/mol. The highest BCUT2D eigenvalue weighted by Gasteiger charge is 2.30. The third kappa shape index (κ3) is 3.84. The molecule has 0 aromatic carbocycles. The first kappa shape index (κ1) is 18.2. The molecule has 1 aliphatic rings. The zero-order chi connectivity index (χ0) is 17.9. The minimum absolute atomic E-state index is 0.0584. The van der Waals surface area contributed by atoms with Gasteiger partial charge in [-0.05, 0) is 25.8 Å². The van der Waals surface area contributed by atoms with Crippen LogP contribution in [0.2, 0.25) is 0 Å². The second kappa shape index (κ2) is 7.61. The summed E-state index contributed by atoms with van der Waals surface area (Å²) in [6, 6.07) is 0. The van der Waals surface area contributed by atoms with Crippen molar-refractivity contribution in [3.63, 3.8) is 0 Å². The normalized spacial score (nSPS) is 17.8. The number of H-pyrrole nitrogens is 1. The van der Waals surface area contributed by atoms with E-state index in [9.17, 15) is 14.4 Å². The molecule has 1 aromatic rings. The van der Waals surface area contributed by atoms with Crippen molar-refractivity contribution in [2.24, 2.45) is 0 Å². The number of carboxylic acids is 1. The van der Waals surface area contributed by atoms with Crippen LogP contribution in [0.5, 0.6) is 0 Å². The Morgan fingerprint density at radius 2 is 2.08 bits per heavy atom. The summed E-state index contributed by atoms with van der Waals surface area (Å²) in [6.07, 6.45) is 0.832. The molecule has 1 saturated heterocycles. The molecule has 0 spiro atoms. The quantitative estimate of drug-likeness (QED) is 0.772. The predicted octanol–water partition coefficient (Wildman–Crippen LogP) is 1.79. The van der Waals surface area contributed by atoms with Crippen molar-refractivity contribution in [3.8, 4) is 0 Å².